The molecular weight excluding hydrogens is 406 g/mol. The maximum atomic E-state index is 11.9. The smallest absolute Gasteiger partial charge is 0.408 e. The van der Waals surface area contributed by atoms with Gasteiger partial charge in [0.05, 0.1) is 17.9 Å². The SMILES string of the molecule is C[C@H](COc1ccc(-c2ccnc(N)c2N)cc1C#N)CC(C)(C)N(C(=O)O)C(C)(C)C. The van der Waals surface area contributed by atoms with Gasteiger partial charge in [0.1, 0.15) is 17.6 Å². The van der Waals surface area contributed by atoms with E-state index in [9.17, 15) is 15.2 Å². The van der Waals surface area contributed by atoms with E-state index in [0.717, 1.165) is 5.56 Å². The van der Waals surface area contributed by atoms with Gasteiger partial charge in [-0.3, -0.25) is 4.90 Å². The summed E-state index contributed by atoms with van der Waals surface area (Å²) in [7, 11) is 0. The van der Waals surface area contributed by atoms with E-state index < -0.39 is 17.2 Å². The maximum absolute atomic E-state index is 11.9. The fourth-order valence-electron chi connectivity index (χ4n) is 4.34. The first-order chi connectivity index (χ1) is 14.8. The first kappa shape index (κ1) is 24.8. The van der Waals surface area contributed by atoms with Crippen LogP contribution in [-0.2, 0) is 0 Å². The van der Waals surface area contributed by atoms with Crippen LogP contribution < -0.4 is 16.2 Å². The van der Waals surface area contributed by atoms with Crippen molar-refractivity contribution in [1.29, 1.82) is 5.26 Å². The number of carbonyl (C=O) groups is 1. The Balaban J connectivity index is 2.16. The molecule has 1 heterocycles. The molecule has 8 nitrogen and oxygen atoms in total. The molecule has 0 aliphatic carbocycles. The van der Waals surface area contributed by atoms with Crippen LogP contribution in [-0.4, -0.2) is 38.8 Å². The summed E-state index contributed by atoms with van der Waals surface area (Å²) in [5.41, 5.74) is 12.9. The van der Waals surface area contributed by atoms with E-state index in [4.69, 9.17) is 16.2 Å². The van der Waals surface area contributed by atoms with E-state index in [0.29, 0.717) is 35.6 Å². The number of benzene rings is 1. The van der Waals surface area contributed by atoms with Crippen LogP contribution in [0.5, 0.6) is 5.75 Å². The normalized spacial score (nSPS) is 12.7. The second-order valence-electron chi connectivity index (χ2n) is 9.70. The Morgan fingerprint density at radius 1 is 1.25 bits per heavy atom. The van der Waals surface area contributed by atoms with Gasteiger partial charge in [-0.05, 0) is 70.7 Å². The Hall–Kier alpha value is -3.47. The van der Waals surface area contributed by atoms with E-state index in [1.807, 2.05) is 47.6 Å². The third-order valence-electron chi connectivity index (χ3n) is 5.27. The topological polar surface area (TPSA) is 138 Å². The lowest BCUT2D eigenvalue weighted by Crippen LogP contribution is -2.57. The second kappa shape index (κ2) is 9.35. The van der Waals surface area contributed by atoms with Crippen molar-refractivity contribution in [1.82, 2.24) is 9.88 Å². The summed E-state index contributed by atoms with van der Waals surface area (Å²) < 4.78 is 5.95. The van der Waals surface area contributed by atoms with Crippen molar-refractivity contribution in [3.05, 3.63) is 36.0 Å². The minimum atomic E-state index is -0.950. The number of nitriles is 1. The molecular formula is C24H33N5O3. The molecule has 1 aromatic heterocycles. The van der Waals surface area contributed by atoms with Crippen LogP contribution in [0.15, 0.2) is 30.5 Å². The highest BCUT2D eigenvalue weighted by molar-refractivity contribution is 5.83. The van der Waals surface area contributed by atoms with Crippen LogP contribution in [0, 0.1) is 17.2 Å². The molecule has 0 spiro atoms. The molecule has 0 aliphatic heterocycles. The van der Waals surface area contributed by atoms with Gasteiger partial charge in [-0.25, -0.2) is 9.78 Å². The van der Waals surface area contributed by atoms with Crippen molar-refractivity contribution in [3.63, 3.8) is 0 Å². The van der Waals surface area contributed by atoms with Crippen LogP contribution in [0.3, 0.4) is 0 Å². The number of nitrogen functional groups attached to an aromatic ring is 2. The fraction of sp³-hybridized carbons (Fsp3) is 0.458. The van der Waals surface area contributed by atoms with E-state index in [1.165, 1.54) is 4.90 Å². The van der Waals surface area contributed by atoms with E-state index in [2.05, 4.69) is 11.1 Å². The minimum absolute atomic E-state index is 0.0519. The molecule has 8 heteroatoms. The van der Waals surface area contributed by atoms with Crippen LogP contribution in [0.4, 0.5) is 16.3 Å². The summed E-state index contributed by atoms with van der Waals surface area (Å²) >= 11 is 0. The van der Waals surface area contributed by atoms with Crippen molar-refractivity contribution in [3.8, 4) is 22.9 Å². The third kappa shape index (κ3) is 5.61. The van der Waals surface area contributed by atoms with Crippen molar-refractivity contribution in [2.24, 2.45) is 5.92 Å². The van der Waals surface area contributed by atoms with Crippen LogP contribution in [0.25, 0.3) is 11.1 Å². The summed E-state index contributed by atoms with van der Waals surface area (Å²) in [5.74, 6) is 0.756. The lowest BCUT2D eigenvalue weighted by molar-refractivity contribution is 0.0187. The number of hydrogen-bond donors (Lipinski definition) is 3. The van der Waals surface area contributed by atoms with Crippen molar-refractivity contribution < 1.29 is 14.6 Å². The molecule has 32 heavy (non-hydrogen) atoms. The highest BCUT2D eigenvalue weighted by atomic mass is 16.5. The van der Waals surface area contributed by atoms with Gasteiger partial charge in [-0.2, -0.15) is 5.26 Å². The molecule has 2 rings (SSSR count). The number of ether oxygens (including phenoxy) is 1. The Morgan fingerprint density at radius 2 is 1.91 bits per heavy atom. The van der Waals surface area contributed by atoms with Gasteiger partial charge in [0.25, 0.3) is 0 Å². The number of carboxylic acid groups (broad SMARTS) is 1. The molecule has 5 N–H and O–H groups in total. The first-order valence-corrected chi connectivity index (χ1v) is 10.5. The number of nitrogens with zero attached hydrogens (tertiary/aromatic N) is 3. The first-order valence-electron chi connectivity index (χ1n) is 10.5. The number of nitrogens with two attached hydrogens (primary N) is 2. The lowest BCUT2D eigenvalue weighted by Gasteiger charge is -2.46. The molecule has 2 aromatic rings. The average Bonchev–Trinajstić information content (AvgIpc) is 2.66. The minimum Gasteiger partial charge on any atom is -0.492 e. The monoisotopic (exact) mass is 439 g/mol. The molecule has 0 saturated carbocycles. The molecule has 1 amide bonds. The number of anilines is 2. The molecule has 1 aromatic carbocycles. The largest absolute Gasteiger partial charge is 0.492 e. The van der Waals surface area contributed by atoms with Gasteiger partial charge in [-0.15, -0.1) is 0 Å². The van der Waals surface area contributed by atoms with Crippen LogP contribution in [0.1, 0.15) is 53.5 Å². The number of amides is 1. The molecule has 0 radical (unpaired) electrons. The van der Waals surface area contributed by atoms with Gasteiger partial charge >= 0.3 is 6.09 Å². The third-order valence-corrected chi connectivity index (χ3v) is 5.27. The standard InChI is InChI=1S/C24H33N5O3/c1-15(12-24(5,6)29(22(30)31)23(2,3)4)14-32-19-8-7-16(11-17(19)13-25)18-9-10-28-21(27)20(18)26/h7-11,15H,12,14,26H2,1-6H3,(H2,27,28)(H,30,31)/t15-/m0/s1. The summed E-state index contributed by atoms with van der Waals surface area (Å²) in [5, 5.41) is 19.3. The highest BCUT2D eigenvalue weighted by Crippen LogP contribution is 2.33. The van der Waals surface area contributed by atoms with Crippen LogP contribution in [0.2, 0.25) is 0 Å². The van der Waals surface area contributed by atoms with E-state index in [-0.39, 0.29) is 11.7 Å². The number of rotatable bonds is 7. The Kier molecular flexibility index (Phi) is 7.24. The van der Waals surface area contributed by atoms with Crippen LogP contribution >= 0.6 is 0 Å². The molecule has 1 atom stereocenters. The van der Waals surface area contributed by atoms with Gasteiger partial charge in [0.15, 0.2) is 0 Å². The van der Waals surface area contributed by atoms with Crippen molar-refractivity contribution in [2.45, 2.75) is 59.0 Å². The van der Waals surface area contributed by atoms with E-state index in [1.54, 1.807) is 24.4 Å². The molecule has 0 saturated heterocycles. The molecule has 0 bridgehead atoms. The average molecular weight is 440 g/mol. The van der Waals surface area contributed by atoms with Crippen molar-refractivity contribution in [2.75, 3.05) is 18.1 Å². The zero-order chi connectivity index (χ0) is 24.3. The number of aromatic nitrogens is 1. The van der Waals surface area contributed by atoms with Gasteiger partial charge in [-0.1, -0.05) is 13.0 Å². The maximum Gasteiger partial charge on any atom is 0.408 e. The predicted octanol–water partition coefficient (Wildman–Crippen LogP) is 4.75. The molecule has 172 valence electrons. The zero-order valence-electron chi connectivity index (χ0n) is 19.6. The fourth-order valence-corrected chi connectivity index (χ4v) is 4.34. The summed E-state index contributed by atoms with van der Waals surface area (Å²) in [4.78, 5) is 17.3. The summed E-state index contributed by atoms with van der Waals surface area (Å²) in [6.45, 7) is 11.8. The quantitative estimate of drug-likeness (QED) is 0.566. The summed E-state index contributed by atoms with van der Waals surface area (Å²) in [6, 6.07) is 9.18. The lowest BCUT2D eigenvalue weighted by atomic mass is 9.87. The van der Waals surface area contributed by atoms with E-state index >= 15 is 0 Å². The van der Waals surface area contributed by atoms with Gasteiger partial charge in [0.2, 0.25) is 0 Å². The Labute approximate surface area is 189 Å². The Bertz CT molecular complexity index is 1020. The van der Waals surface area contributed by atoms with Gasteiger partial charge in [0, 0.05) is 22.8 Å². The highest BCUT2D eigenvalue weighted by Gasteiger charge is 2.39. The molecule has 0 fully saturated rings. The number of pyridine rings is 1. The molecule has 0 unspecified atom stereocenters. The second-order valence-corrected chi connectivity index (χ2v) is 9.70. The van der Waals surface area contributed by atoms with Gasteiger partial charge < -0.3 is 21.3 Å². The predicted molar refractivity (Wildman–Crippen MR) is 126 cm³/mol. The summed E-state index contributed by atoms with van der Waals surface area (Å²) in [6.07, 6.45) is 1.22. The van der Waals surface area contributed by atoms with Crippen molar-refractivity contribution >= 4 is 17.6 Å². The number of hydrogen-bond acceptors (Lipinski definition) is 6. The Morgan fingerprint density at radius 3 is 2.47 bits per heavy atom. The molecule has 0 aliphatic rings. The zero-order valence-corrected chi connectivity index (χ0v) is 19.6.